The predicted molar refractivity (Wildman–Crippen MR) is 162 cm³/mol. The molecule has 0 saturated carbocycles. The van der Waals surface area contributed by atoms with Crippen LogP contribution >= 0.6 is 11.6 Å². The Balaban J connectivity index is 1.90. The molecule has 256 valence electrons. The topological polar surface area (TPSA) is 159 Å². The quantitative estimate of drug-likeness (QED) is 0.149. The highest BCUT2D eigenvalue weighted by atomic mass is 35.5. The van der Waals surface area contributed by atoms with Crippen molar-refractivity contribution in [1.29, 1.82) is 0 Å². The summed E-state index contributed by atoms with van der Waals surface area (Å²) in [7, 11) is 0. The zero-order valence-electron chi connectivity index (χ0n) is 25.4. The van der Waals surface area contributed by atoms with Gasteiger partial charge in [0, 0.05) is 23.8 Å². The molecule has 11 nitrogen and oxygen atoms in total. The number of aromatic nitrogens is 2. The minimum absolute atomic E-state index is 0.128. The summed E-state index contributed by atoms with van der Waals surface area (Å²) >= 11 is 6.09. The summed E-state index contributed by atoms with van der Waals surface area (Å²) in [4.78, 5) is 72.8. The number of rotatable bonds is 14. The normalized spacial score (nSPS) is 13.5. The van der Waals surface area contributed by atoms with Crippen LogP contribution in [0.1, 0.15) is 41.5 Å². The lowest BCUT2D eigenvalue weighted by molar-refractivity contribution is -0.165. The van der Waals surface area contributed by atoms with Crippen molar-refractivity contribution in [3.8, 4) is 0 Å². The Morgan fingerprint density at radius 2 is 1.54 bits per heavy atom. The van der Waals surface area contributed by atoms with Gasteiger partial charge in [-0.1, -0.05) is 67.9 Å². The van der Waals surface area contributed by atoms with Crippen LogP contribution in [0.3, 0.4) is 0 Å². The van der Waals surface area contributed by atoms with Crippen LogP contribution in [0, 0.1) is 5.92 Å². The van der Waals surface area contributed by atoms with Crippen molar-refractivity contribution in [1.82, 2.24) is 31.2 Å². The number of amides is 4. The molecule has 1 aromatic heterocycles. The van der Waals surface area contributed by atoms with Gasteiger partial charge in [0.2, 0.25) is 17.6 Å². The van der Waals surface area contributed by atoms with Crippen molar-refractivity contribution in [3.05, 3.63) is 95.0 Å². The fourth-order valence-corrected chi connectivity index (χ4v) is 4.53. The van der Waals surface area contributed by atoms with Crippen LogP contribution in [0.5, 0.6) is 0 Å². The lowest BCUT2D eigenvalue weighted by atomic mass is 9.94. The number of carbonyl (C=O) groups excluding carboxylic acids is 5. The number of nitrogens with zero attached hydrogens (tertiary/aromatic N) is 2. The molecule has 0 aliphatic carbocycles. The number of nitrogens with one attached hydrogen (secondary N) is 4. The first-order valence-electron chi connectivity index (χ1n) is 14.2. The van der Waals surface area contributed by atoms with Gasteiger partial charge in [-0.2, -0.15) is 22.0 Å². The SMILES string of the molecule is CC(C)[C@H](NC(=O)C(NC(=O)C(Cc1cccc(Cl)c1)NC(=O)c1cnccn1)c1ccccc1)C(=O)C(F)(F)C(=O)NCC(F)(F)F. The van der Waals surface area contributed by atoms with Crippen molar-refractivity contribution < 1.29 is 45.9 Å². The van der Waals surface area contributed by atoms with Gasteiger partial charge in [-0.15, -0.1) is 0 Å². The number of ketones is 1. The minimum Gasteiger partial charge on any atom is -0.344 e. The molecule has 17 heteroatoms. The van der Waals surface area contributed by atoms with E-state index in [0.29, 0.717) is 10.6 Å². The Morgan fingerprint density at radius 1 is 0.854 bits per heavy atom. The standard InChI is InChI=1S/C31H30ClF5N6O5/c1-17(2)23(25(44)31(36,37)29(48)40-16-30(33,34)35)42-28(47)24(19-8-4-3-5-9-19)43-26(45)21(14-18-7-6-10-20(32)13-18)41-27(46)22-15-38-11-12-39-22/h3-13,15,17,21,23-24H,14,16H2,1-2H3,(H,40,48)(H,41,46)(H,42,47)(H,43,45)/t21?,23-,24?/m0/s1. The molecule has 1 heterocycles. The number of halogens is 6. The Morgan fingerprint density at radius 3 is 2.12 bits per heavy atom. The second-order valence-corrected chi connectivity index (χ2v) is 11.2. The highest BCUT2D eigenvalue weighted by Gasteiger charge is 2.52. The molecule has 4 N–H and O–H groups in total. The molecule has 2 aromatic carbocycles. The molecular weight excluding hydrogens is 667 g/mol. The second kappa shape index (κ2) is 16.2. The van der Waals surface area contributed by atoms with Crippen LogP contribution in [0.4, 0.5) is 22.0 Å². The molecular formula is C31H30ClF5N6O5. The van der Waals surface area contributed by atoms with E-state index in [0.717, 1.165) is 11.5 Å². The summed E-state index contributed by atoms with van der Waals surface area (Å²) in [5.41, 5.74) is 0.520. The first kappa shape index (κ1) is 37.5. The number of alkyl halides is 5. The Hall–Kier alpha value is -4.99. The first-order valence-corrected chi connectivity index (χ1v) is 14.6. The predicted octanol–water partition coefficient (Wildman–Crippen LogP) is 3.35. The zero-order chi connectivity index (χ0) is 35.6. The van der Waals surface area contributed by atoms with Crippen LogP contribution in [-0.4, -0.2) is 70.1 Å². The molecule has 0 fully saturated rings. The lowest BCUT2D eigenvalue weighted by Gasteiger charge is -2.28. The first-order chi connectivity index (χ1) is 22.5. The van der Waals surface area contributed by atoms with Crippen LogP contribution in [0.2, 0.25) is 5.02 Å². The van der Waals surface area contributed by atoms with Crippen molar-refractivity contribution in [3.63, 3.8) is 0 Å². The zero-order valence-corrected chi connectivity index (χ0v) is 26.1. The smallest absolute Gasteiger partial charge is 0.344 e. The van der Waals surface area contributed by atoms with E-state index in [4.69, 9.17) is 11.6 Å². The maximum absolute atomic E-state index is 14.8. The monoisotopic (exact) mass is 696 g/mol. The van der Waals surface area contributed by atoms with Gasteiger partial charge in [0.05, 0.1) is 12.2 Å². The highest BCUT2D eigenvalue weighted by molar-refractivity contribution is 6.30. The van der Waals surface area contributed by atoms with E-state index < -0.39 is 72.1 Å². The largest absolute Gasteiger partial charge is 0.405 e. The number of benzene rings is 2. The minimum atomic E-state index is -5.03. The molecule has 48 heavy (non-hydrogen) atoms. The number of hydrogen-bond acceptors (Lipinski definition) is 7. The van der Waals surface area contributed by atoms with Crippen molar-refractivity contribution in [2.75, 3.05) is 6.54 Å². The molecule has 0 radical (unpaired) electrons. The molecule has 4 amide bonds. The van der Waals surface area contributed by atoms with E-state index >= 15 is 0 Å². The molecule has 3 rings (SSSR count). The maximum atomic E-state index is 14.8. The van der Waals surface area contributed by atoms with Crippen LogP contribution in [0.15, 0.2) is 73.2 Å². The van der Waals surface area contributed by atoms with Crippen molar-refractivity contribution >= 4 is 41.0 Å². The van der Waals surface area contributed by atoms with Crippen LogP contribution in [0.25, 0.3) is 0 Å². The third kappa shape index (κ3) is 10.5. The lowest BCUT2D eigenvalue weighted by Crippen LogP contribution is -2.58. The summed E-state index contributed by atoms with van der Waals surface area (Å²) < 4.78 is 67.0. The molecule has 0 aliphatic rings. The van der Waals surface area contributed by atoms with Gasteiger partial charge in [-0.05, 0) is 29.2 Å². The summed E-state index contributed by atoms with van der Waals surface area (Å²) in [6, 6.07) is 8.72. The molecule has 0 bridgehead atoms. The Bertz CT molecular complexity index is 1610. The van der Waals surface area contributed by atoms with E-state index in [1.54, 1.807) is 30.3 Å². The van der Waals surface area contributed by atoms with Gasteiger partial charge in [0.1, 0.15) is 24.3 Å². The summed E-state index contributed by atoms with van der Waals surface area (Å²) in [6.07, 6.45) is -1.41. The molecule has 2 unspecified atom stereocenters. The van der Waals surface area contributed by atoms with Gasteiger partial charge >= 0.3 is 12.1 Å². The van der Waals surface area contributed by atoms with Gasteiger partial charge in [0.15, 0.2) is 0 Å². The van der Waals surface area contributed by atoms with E-state index in [-0.39, 0.29) is 17.7 Å². The molecule has 3 atom stereocenters. The molecule has 0 saturated heterocycles. The fourth-order valence-electron chi connectivity index (χ4n) is 4.32. The van der Waals surface area contributed by atoms with E-state index in [1.807, 2.05) is 0 Å². The Kier molecular flexibility index (Phi) is 12.7. The number of hydrogen-bond donors (Lipinski definition) is 4. The Labute approximate surface area is 276 Å². The number of Topliss-reactive ketones (excluding diaryl/α,β-unsaturated/α-hetero) is 1. The average Bonchev–Trinajstić information content (AvgIpc) is 3.04. The second-order valence-electron chi connectivity index (χ2n) is 10.8. The molecule has 0 aliphatic heterocycles. The van der Waals surface area contributed by atoms with Crippen LogP contribution < -0.4 is 21.3 Å². The maximum Gasteiger partial charge on any atom is 0.405 e. The van der Waals surface area contributed by atoms with E-state index in [9.17, 15) is 45.9 Å². The average molecular weight is 697 g/mol. The van der Waals surface area contributed by atoms with Gasteiger partial charge < -0.3 is 21.3 Å². The third-order valence-corrected chi connectivity index (χ3v) is 6.95. The summed E-state index contributed by atoms with van der Waals surface area (Å²) in [5, 5.41) is 8.41. The van der Waals surface area contributed by atoms with Crippen molar-refractivity contribution in [2.24, 2.45) is 5.92 Å². The van der Waals surface area contributed by atoms with Crippen LogP contribution in [-0.2, 0) is 25.6 Å². The highest BCUT2D eigenvalue weighted by Crippen LogP contribution is 2.23. The fraction of sp³-hybridized carbons (Fsp3) is 0.323. The summed E-state index contributed by atoms with van der Waals surface area (Å²) in [6.45, 7) is 0.399. The van der Waals surface area contributed by atoms with Crippen molar-refractivity contribution in [2.45, 2.75) is 50.5 Å². The third-order valence-electron chi connectivity index (χ3n) is 6.72. The van der Waals surface area contributed by atoms with E-state index in [2.05, 4.69) is 25.9 Å². The van der Waals surface area contributed by atoms with Gasteiger partial charge in [-0.25, -0.2) is 4.98 Å². The van der Waals surface area contributed by atoms with Gasteiger partial charge in [-0.3, -0.25) is 29.0 Å². The van der Waals surface area contributed by atoms with Gasteiger partial charge in [0.25, 0.3) is 11.8 Å². The van der Waals surface area contributed by atoms with E-state index in [1.165, 1.54) is 50.5 Å². The number of carbonyl (C=O) groups is 5. The molecule has 3 aromatic rings. The summed E-state index contributed by atoms with van der Waals surface area (Å²) in [5.74, 6) is -13.6. The molecule has 0 spiro atoms.